The summed E-state index contributed by atoms with van der Waals surface area (Å²) in [6.07, 6.45) is 4.04. The van der Waals surface area contributed by atoms with Crippen LogP contribution in [0, 0.1) is 0 Å². The van der Waals surface area contributed by atoms with Gasteiger partial charge >= 0.3 is 0 Å². The number of likely N-dealkylation sites (tertiary alicyclic amines) is 2. The molecule has 0 amide bonds. The van der Waals surface area contributed by atoms with Crippen LogP contribution in [0.25, 0.3) is 0 Å². The molecule has 3 nitrogen and oxygen atoms in total. The fourth-order valence-electron chi connectivity index (χ4n) is 2.91. The van der Waals surface area contributed by atoms with E-state index >= 15 is 0 Å². The summed E-state index contributed by atoms with van der Waals surface area (Å²) in [5.74, 6) is 0. The van der Waals surface area contributed by atoms with Gasteiger partial charge in [0.2, 0.25) is 0 Å². The second kappa shape index (κ2) is 4.40. The van der Waals surface area contributed by atoms with E-state index in [1.54, 1.807) is 0 Å². The Morgan fingerprint density at radius 3 is 2.47 bits per heavy atom. The van der Waals surface area contributed by atoms with Gasteiger partial charge in [0, 0.05) is 19.1 Å². The van der Waals surface area contributed by atoms with Crippen LogP contribution in [0.3, 0.4) is 0 Å². The molecule has 0 aromatic rings. The Kier molecular flexibility index (Phi) is 3.33. The first-order valence-corrected chi connectivity index (χ1v) is 6.23. The van der Waals surface area contributed by atoms with Crippen LogP contribution in [0.1, 0.15) is 33.1 Å². The molecule has 15 heavy (non-hydrogen) atoms. The van der Waals surface area contributed by atoms with Crippen molar-refractivity contribution in [3.05, 3.63) is 0 Å². The van der Waals surface area contributed by atoms with Gasteiger partial charge in [-0.15, -0.1) is 0 Å². The lowest BCUT2D eigenvalue weighted by Gasteiger charge is -2.27. The number of β-amino-alcohol motifs (C(OH)–C–C–N with tert-alkyl or cyclic N) is 1. The van der Waals surface area contributed by atoms with E-state index in [9.17, 15) is 5.11 Å². The molecule has 88 valence electrons. The summed E-state index contributed by atoms with van der Waals surface area (Å²) in [7, 11) is 0. The Balaban J connectivity index is 1.79. The van der Waals surface area contributed by atoms with Crippen molar-refractivity contribution in [1.82, 2.24) is 9.80 Å². The van der Waals surface area contributed by atoms with E-state index in [0.29, 0.717) is 0 Å². The summed E-state index contributed by atoms with van der Waals surface area (Å²) in [6.45, 7) is 9.51. The number of aliphatic hydroxyl groups is 1. The van der Waals surface area contributed by atoms with Crippen molar-refractivity contribution >= 4 is 0 Å². The number of nitrogens with zero attached hydrogens (tertiary/aromatic N) is 2. The van der Waals surface area contributed by atoms with Crippen molar-refractivity contribution in [1.29, 1.82) is 0 Å². The Hall–Kier alpha value is -0.120. The third kappa shape index (κ3) is 3.16. The average Bonchev–Trinajstić information content (AvgIpc) is 2.68. The van der Waals surface area contributed by atoms with Crippen LogP contribution < -0.4 is 0 Å². The average molecular weight is 212 g/mol. The van der Waals surface area contributed by atoms with Gasteiger partial charge in [-0.1, -0.05) is 0 Å². The first-order chi connectivity index (χ1) is 7.04. The van der Waals surface area contributed by atoms with Gasteiger partial charge in [-0.3, -0.25) is 9.80 Å². The van der Waals surface area contributed by atoms with Crippen LogP contribution in [-0.4, -0.2) is 59.3 Å². The predicted octanol–water partition coefficient (Wildman–Crippen LogP) is 0.927. The third-order valence-corrected chi connectivity index (χ3v) is 3.52. The molecule has 2 heterocycles. The lowest BCUT2D eigenvalue weighted by atomic mass is 10.1. The largest absolute Gasteiger partial charge is 0.389 e. The molecule has 0 radical (unpaired) electrons. The maximum Gasteiger partial charge on any atom is 0.0718 e. The smallest absolute Gasteiger partial charge is 0.0718 e. The summed E-state index contributed by atoms with van der Waals surface area (Å²) in [6, 6.07) is 0.759. The second-order valence-electron chi connectivity index (χ2n) is 5.73. The zero-order valence-corrected chi connectivity index (χ0v) is 10.1. The minimum absolute atomic E-state index is 0.542. The van der Waals surface area contributed by atoms with Gasteiger partial charge in [0.05, 0.1) is 5.60 Å². The zero-order chi connectivity index (χ0) is 10.9. The van der Waals surface area contributed by atoms with E-state index in [4.69, 9.17) is 0 Å². The van der Waals surface area contributed by atoms with E-state index < -0.39 is 5.60 Å². The van der Waals surface area contributed by atoms with E-state index in [2.05, 4.69) is 9.80 Å². The topological polar surface area (TPSA) is 26.7 Å². The number of rotatable bonds is 3. The van der Waals surface area contributed by atoms with E-state index in [-0.39, 0.29) is 0 Å². The van der Waals surface area contributed by atoms with Gasteiger partial charge in [-0.25, -0.2) is 0 Å². The van der Waals surface area contributed by atoms with Crippen molar-refractivity contribution in [3.8, 4) is 0 Å². The van der Waals surface area contributed by atoms with Gasteiger partial charge < -0.3 is 5.11 Å². The van der Waals surface area contributed by atoms with Gasteiger partial charge in [-0.2, -0.15) is 0 Å². The van der Waals surface area contributed by atoms with Crippen molar-refractivity contribution in [2.45, 2.75) is 44.8 Å². The molecule has 0 aromatic carbocycles. The summed E-state index contributed by atoms with van der Waals surface area (Å²) in [4.78, 5) is 5.04. The molecule has 2 saturated heterocycles. The predicted molar refractivity (Wildman–Crippen MR) is 61.9 cm³/mol. The van der Waals surface area contributed by atoms with Crippen molar-refractivity contribution in [2.75, 3.05) is 32.7 Å². The molecule has 0 bridgehead atoms. The molecule has 0 saturated carbocycles. The molecule has 0 aliphatic carbocycles. The van der Waals surface area contributed by atoms with Gasteiger partial charge in [0.15, 0.2) is 0 Å². The zero-order valence-electron chi connectivity index (χ0n) is 10.1. The molecule has 1 atom stereocenters. The molecular formula is C12H24N2O. The van der Waals surface area contributed by atoms with Crippen molar-refractivity contribution in [2.24, 2.45) is 0 Å². The van der Waals surface area contributed by atoms with E-state index in [0.717, 1.165) is 25.7 Å². The molecule has 2 rings (SSSR count). The summed E-state index contributed by atoms with van der Waals surface area (Å²) >= 11 is 0. The highest BCUT2D eigenvalue weighted by Crippen LogP contribution is 2.21. The molecule has 2 aliphatic heterocycles. The fourth-order valence-corrected chi connectivity index (χ4v) is 2.91. The monoisotopic (exact) mass is 212 g/mol. The quantitative estimate of drug-likeness (QED) is 0.754. The SMILES string of the molecule is CC(C)(O)CN1CCC(N2CCCC2)C1. The van der Waals surface area contributed by atoms with Crippen LogP contribution in [0.4, 0.5) is 0 Å². The third-order valence-electron chi connectivity index (χ3n) is 3.52. The molecule has 2 aliphatic rings. The maximum atomic E-state index is 9.77. The van der Waals surface area contributed by atoms with Gasteiger partial charge in [-0.05, 0) is 52.7 Å². The van der Waals surface area contributed by atoms with Gasteiger partial charge in [0.1, 0.15) is 0 Å². The summed E-state index contributed by atoms with van der Waals surface area (Å²) in [5.41, 5.74) is -0.542. The van der Waals surface area contributed by atoms with Crippen LogP contribution >= 0.6 is 0 Å². The van der Waals surface area contributed by atoms with Gasteiger partial charge in [0.25, 0.3) is 0 Å². The Morgan fingerprint density at radius 2 is 1.87 bits per heavy atom. The first kappa shape index (κ1) is 11.4. The highest BCUT2D eigenvalue weighted by Gasteiger charge is 2.31. The molecule has 1 unspecified atom stereocenters. The highest BCUT2D eigenvalue weighted by atomic mass is 16.3. The number of hydrogen-bond acceptors (Lipinski definition) is 3. The molecule has 2 fully saturated rings. The van der Waals surface area contributed by atoms with Crippen LogP contribution in [0.15, 0.2) is 0 Å². The highest BCUT2D eigenvalue weighted by molar-refractivity contribution is 4.87. The Morgan fingerprint density at radius 1 is 1.20 bits per heavy atom. The normalized spacial score (nSPS) is 30.2. The summed E-state index contributed by atoms with van der Waals surface area (Å²) < 4.78 is 0. The Bertz CT molecular complexity index is 206. The standard InChI is InChI=1S/C12H24N2O/c1-12(2,15)10-13-8-5-11(9-13)14-6-3-4-7-14/h11,15H,3-10H2,1-2H3. The van der Waals surface area contributed by atoms with Crippen LogP contribution in [0.2, 0.25) is 0 Å². The molecular weight excluding hydrogens is 188 g/mol. The molecule has 0 aromatic heterocycles. The van der Waals surface area contributed by atoms with E-state index in [1.807, 2.05) is 13.8 Å². The lowest BCUT2D eigenvalue weighted by molar-refractivity contribution is 0.0417. The van der Waals surface area contributed by atoms with E-state index in [1.165, 1.54) is 32.4 Å². The fraction of sp³-hybridized carbons (Fsp3) is 1.00. The second-order valence-corrected chi connectivity index (χ2v) is 5.73. The van der Waals surface area contributed by atoms with Crippen LogP contribution in [-0.2, 0) is 0 Å². The van der Waals surface area contributed by atoms with Crippen molar-refractivity contribution in [3.63, 3.8) is 0 Å². The minimum Gasteiger partial charge on any atom is -0.389 e. The van der Waals surface area contributed by atoms with Crippen molar-refractivity contribution < 1.29 is 5.11 Å². The Labute approximate surface area is 93.1 Å². The summed E-state index contributed by atoms with van der Waals surface area (Å²) in [5, 5.41) is 9.77. The van der Waals surface area contributed by atoms with Crippen LogP contribution in [0.5, 0.6) is 0 Å². The maximum absolute atomic E-state index is 9.77. The molecule has 3 heteroatoms. The molecule has 0 spiro atoms. The first-order valence-electron chi connectivity index (χ1n) is 6.23. The minimum atomic E-state index is -0.542. The lowest BCUT2D eigenvalue weighted by Crippen LogP contribution is -2.40. The number of hydrogen-bond donors (Lipinski definition) is 1. The molecule has 1 N–H and O–H groups in total.